The normalized spacial score (nSPS) is 12.3. The molecule has 4 heteroatoms. The molecule has 0 aliphatic carbocycles. The third-order valence-corrected chi connectivity index (χ3v) is 3.73. The Balaban J connectivity index is 2.35. The first-order valence-electron chi connectivity index (χ1n) is 5.80. The Morgan fingerprint density at radius 3 is 2.21 bits per heavy atom. The molecule has 0 spiro atoms. The molecule has 2 nitrogen and oxygen atoms in total. The topological polar surface area (TPSA) is 29.5 Å². The number of aliphatic hydroxyl groups is 1. The summed E-state index contributed by atoms with van der Waals surface area (Å²) in [4.78, 5) is 0. The lowest BCUT2D eigenvalue weighted by molar-refractivity contribution is 0.220. The maximum absolute atomic E-state index is 10.4. The van der Waals surface area contributed by atoms with Crippen LogP contribution in [-0.2, 0) is 0 Å². The van der Waals surface area contributed by atoms with E-state index >= 15 is 0 Å². The fraction of sp³-hybridized carbons (Fsp3) is 0.200. The molecule has 1 unspecified atom stereocenters. The predicted molar refractivity (Wildman–Crippen MR) is 78.3 cm³/mol. The van der Waals surface area contributed by atoms with Gasteiger partial charge in [0.15, 0.2) is 0 Å². The van der Waals surface area contributed by atoms with E-state index in [0.29, 0.717) is 15.6 Å². The van der Waals surface area contributed by atoms with E-state index in [4.69, 9.17) is 27.9 Å². The van der Waals surface area contributed by atoms with E-state index in [9.17, 15) is 5.11 Å². The van der Waals surface area contributed by atoms with Gasteiger partial charge in [-0.1, -0.05) is 35.3 Å². The summed E-state index contributed by atoms with van der Waals surface area (Å²) in [6.07, 6.45) is -0.737. The quantitative estimate of drug-likeness (QED) is 0.910. The van der Waals surface area contributed by atoms with Gasteiger partial charge in [-0.3, -0.25) is 0 Å². The highest BCUT2D eigenvalue weighted by Gasteiger charge is 2.13. The first-order valence-corrected chi connectivity index (χ1v) is 6.56. The summed E-state index contributed by atoms with van der Waals surface area (Å²) < 4.78 is 5.20. The number of methoxy groups -OCH3 is 1. The third kappa shape index (κ3) is 3.03. The van der Waals surface area contributed by atoms with Gasteiger partial charge in [-0.25, -0.2) is 0 Å². The number of aliphatic hydroxyl groups excluding tert-OH is 1. The highest BCUT2D eigenvalue weighted by atomic mass is 35.5. The van der Waals surface area contributed by atoms with Gasteiger partial charge in [0.25, 0.3) is 0 Å². The average molecular weight is 297 g/mol. The van der Waals surface area contributed by atoms with Crippen LogP contribution in [0.25, 0.3) is 0 Å². The summed E-state index contributed by atoms with van der Waals surface area (Å²) in [5.74, 6) is 0.796. The van der Waals surface area contributed by atoms with Crippen molar-refractivity contribution in [2.24, 2.45) is 0 Å². The van der Waals surface area contributed by atoms with Crippen molar-refractivity contribution in [3.8, 4) is 5.75 Å². The molecule has 2 aromatic carbocycles. The number of rotatable bonds is 3. The van der Waals surface area contributed by atoms with Crippen molar-refractivity contribution >= 4 is 23.2 Å². The molecular formula is C15H14Cl2O2. The highest BCUT2D eigenvalue weighted by molar-refractivity contribution is 6.42. The molecule has 2 rings (SSSR count). The van der Waals surface area contributed by atoms with Crippen molar-refractivity contribution in [1.29, 1.82) is 0 Å². The molecule has 100 valence electrons. The van der Waals surface area contributed by atoms with Crippen LogP contribution in [0, 0.1) is 6.92 Å². The van der Waals surface area contributed by atoms with Crippen LogP contribution < -0.4 is 4.74 Å². The van der Waals surface area contributed by atoms with Gasteiger partial charge in [0.2, 0.25) is 0 Å². The molecule has 0 amide bonds. The zero-order chi connectivity index (χ0) is 14.0. The summed E-state index contributed by atoms with van der Waals surface area (Å²) >= 11 is 11.8. The second-order valence-electron chi connectivity index (χ2n) is 4.31. The van der Waals surface area contributed by atoms with Crippen molar-refractivity contribution in [3.05, 3.63) is 63.1 Å². The molecule has 1 N–H and O–H groups in total. The van der Waals surface area contributed by atoms with E-state index in [1.165, 1.54) is 0 Å². The summed E-state index contributed by atoms with van der Waals surface area (Å²) in [5.41, 5.74) is 2.47. The van der Waals surface area contributed by atoms with Gasteiger partial charge in [0.05, 0.1) is 17.2 Å². The maximum atomic E-state index is 10.4. The van der Waals surface area contributed by atoms with Gasteiger partial charge >= 0.3 is 0 Å². The Hall–Kier alpha value is -1.22. The van der Waals surface area contributed by atoms with Crippen molar-refractivity contribution in [1.82, 2.24) is 0 Å². The molecule has 0 radical (unpaired) electrons. The lowest BCUT2D eigenvalue weighted by Gasteiger charge is -2.14. The molecule has 0 aliphatic rings. The second kappa shape index (κ2) is 5.83. The van der Waals surface area contributed by atoms with Gasteiger partial charge < -0.3 is 9.84 Å². The molecule has 1 atom stereocenters. The minimum atomic E-state index is -0.737. The Bertz CT molecular complexity index is 597. The van der Waals surface area contributed by atoms with E-state index < -0.39 is 6.10 Å². The zero-order valence-electron chi connectivity index (χ0n) is 10.7. The largest absolute Gasteiger partial charge is 0.496 e. The summed E-state index contributed by atoms with van der Waals surface area (Å²) in [6, 6.07) is 10.7. The maximum Gasteiger partial charge on any atom is 0.121 e. The monoisotopic (exact) mass is 296 g/mol. The number of ether oxygens (including phenoxy) is 1. The Morgan fingerprint density at radius 1 is 1.00 bits per heavy atom. The second-order valence-corrected chi connectivity index (χ2v) is 5.12. The fourth-order valence-electron chi connectivity index (χ4n) is 1.95. The molecule has 0 aromatic heterocycles. The van der Waals surface area contributed by atoms with Crippen LogP contribution in [-0.4, -0.2) is 12.2 Å². The van der Waals surface area contributed by atoms with Crippen molar-refractivity contribution in [3.63, 3.8) is 0 Å². The van der Waals surface area contributed by atoms with Crippen LogP contribution in [0.2, 0.25) is 10.0 Å². The van der Waals surface area contributed by atoms with E-state index in [2.05, 4.69) is 0 Å². The Morgan fingerprint density at radius 2 is 1.63 bits per heavy atom. The number of aryl methyl sites for hydroxylation is 1. The van der Waals surface area contributed by atoms with Crippen LogP contribution in [0.3, 0.4) is 0 Å². The van der Waals surface area contributed by atoms with Crippen molar-refractivity contribution < 1.29 is 9.84 Å². The third-order valence-electron chi connectivity index (χ3n) is 2.99. The minimum Gasteiger partial charge on any atom is -0.496 e. The predicted octanol–water partition coefficient (Wildman–Crippen LogP) is 4.39. The van der Waals surface area contributed by atoms with E-state index in [-0.39, 0.29) is 0 Å². The summed E-state index contributed by atoms with van der Waals surface area (Å²) in [7, 11) is 1.62. The van der Waals surface area contributed by atoms with Crippen LogP contribution >= 0.6 is 23.2 Å². The van der Waals surface area contributed by atoms with Crippen LogP contribution in [0.5, 0.6) is 5.75 Å². The first kappa shape index (κ1) is 14.2. The lowest BCUT2D eigenvalue weighted by Crippen LogP contribution is -2.00. The lowest BCUT2D eigenvalue weighted by atomic mass is 10.00. The molecule has 0 bridgehead atoms. The summed E-state index contributed by atoms with van der Waals surface area (Å²) in [5, 5.41) is 11.3. The molecule has 0 heterocycles. The van der Waals surface area contributed by atoms with E-state index in [1.807, 2.05) is 25.1 Å². The Kier molecular flexibility index (Phi) is 4.35. The highest BCUT2D eigenvalue weighted by Crippen LogP contribution is 2.30. The van der Waals surface area contributed by atoms with E-state index in [0.717, 1.165) is 16.9 Å². The molecule has 0 saturated carbocycles. The fourth-order valence-corrected chi connectivity index (χ4v) is 2.25. The summed E-state index contributed by atoms with van der Waals surface area (Å²) in [6.45, 7) is 1.93. The van der Waals surface area contributed by atoms with Crippen molar-refractivity contribution in [2.75, 3.05) is 7.11 Å². The number of hydrogen-bond acceptors (Lipinski definition) is 2. The molecule has 0 fully saturated rings. The number of benzene rings is 2. The number of hydrogen-bond donors (Lipinski definition) is 1. The van der Waals surface area contributed by atoms with Crippen molar-refractivity contribution in [2.45, 2.75) is 13.0 Å². The van der Waals surface area contributed by atoms with Crippen LogP contribution in [0.15, 0.2) is 36.4 Å². The molecule has 2 aromatic rings. The standard InChI is InChI=1S/C15H14Cl2O2/c1-9-7-10(4-6-14(9)19-2)15(18)11-3-5-12(16)13(17)8-11/h3-8,15,18H,1-2H3. The molecular weight excluding hydrogens is 283 g/mol. The molecule has 19 heavy (non-hydrogen) atoms. The minimum absolute atomic E-state index is 0.434. The van der Waals surface area contributed by atoms with Gasteiger partial charge in [0.1, 0.15) is 11.9 Å². The zero-order valence-corrected chi connectivity index (χ0v) is 12.2. The smallest absolute Gasteiger partial charge is 0.121 e. The molecule has 0 saturated heterocycles. The first-order chi connectivity index (χ1) is 9.02. The van der Waals surface area contributed by atoms with Gasteiger partial charge in [0, 0.05) is 0 Å². The van der Waals surface area contributed by atoms with Crippen LogP contribution in [0.1, 0.15) is 22.8 Å². The van der Waals surface area contributed by atoms with Gasteiger partial charge in [-0.15, -0.1) is 0 Å². The van der Waals surface area contributed by atoms with Gasteiger partial charge in [-0.2, -0.15) is 0 Å². The number of halogens is 2. The van der Waals surface area contributed by atoms with E-state index in [1.54, 1.807) is 25.3 Å². The van der Waals surface area contributed by atoms with Gasteiger partial charge in [-0.05, 0) is 47.9 Å². The Labute approximate surface area is 122 Å². The SMILES string of the molecule is COc1ccc(C(O)c2ccc(Cl)c(Cl)c2)cc1C. The van der Waals surface area contributed by atoms with Crippen LogP contribution in [0.4, 0.5) is 0 Å². The average Bonchev–Trinajstić information content (AvgIpc) is 2.41. The molecule has 0 aliphatic heterocycles.